The Morgan fingerprint density at radius 1 is 1.07 bits per heavy atom. The van der Waals surface area contributed by atoms with Crippen molar-refractivity contribution in [3.8, 4) is 0 Å². The number of ether oxygens (including phenoxy) is 1. The molecule has 0 atom stereocenters. The number of rotatable bonds is 4. The van der Waals surface area contributed by atoms with Crippen molar-refractivity contribution in [2.45, 2.75) is 46.1 Å². The first-order valence-electron chi connectivity index (χ1n) is 10.1. The fourth-order valence-electron chi connectivity index (χ4n) is 3.44. The lowest BCUT2D eigenvalue weighted by atomic mass is 10.0. The molecule has 0 aromatic heterocycles. The number of nitrogens with zero attached hydrogens (tertiary/aromatic N) is 1. The van der Waals surface area contributed by atoms with Crippen molar-refractivity contribution in [1.29, 1.82) is 0 Å². The SMILES string of the molecule is CCOC(=O)Nc1ccc2c(c1)N(C(=O)C[NH2+]C(C)(C)C)c1ccccc1CC2. The molecule has 0 radical (unpaired) electrons. The topological polar surface area (TPSA) is 75.2 Å². The highest BCUT2D eigenvalue weighted by Gasteiger charge is 2.28. The van der Waals surface area contributed by atoms with Crippen LogP contribution < -0.4 is 15.5 Å². The highest BCUT2D eigenvalue weighted by molar-refractivity contribution is 6.03. The monoisotopic (exact) mass is 396 g/mol. The Morgan fingerprint density at radius 3 is 2.45 bits per heavy atom. The Balaban J connectivity index is 2.00. The van der Waals surface area contributed by atoms with Crippen LogP contribution in [0.1, 0.15) is 38.8 Å². The lowest BCUT2D eigenvalue weighted by molar-refractivity contribution is -0.707. The van der Waals surface area contributed by atoms with Crippen molar-refractivity contribution in [2.75, 3.05) is 23.4 Å². The van der Waals surface area contributed by atoms with Crippen LogP contribution in [0.2, 0.25) is 0 Å². The van der Waals surface area contributed by atoms with Crippen LogP contribution in [0.25, 0.3) is 0 Å². The first-order valence-corrected chi connectivity index (χ1v) is 10.1. The molecule has 6 nitrogen and oxygen atoms in total. The second-order valence-electron chi connectivity index (χ2n) is 8.32. The molecule has 154 valence electrons. The van der Waals surface area contributed by atoms with Gasteiger partial charge in [-0.15, -0.1) is 0 Å². The Hall–Kier alpha value is -2.86. The van der Waals surface area contributed by atoms with E-state index in [4.69, 9.17) is 4.74 Å². The number of benzene rings is 2. The van der Waals surface area contributed by atoms with Crippen molar-refractivity contribution in [1.82, 2.24) is 0 Å². The summed E-state index contributed by atoms with van der Waals surface area (Å²) in [5.74, 6) is 0.0174. The molecule has 0 saturated heterocycles. The van der Waals surface area contributed by atoms with Crippen LogP contribution in [0.4, 0.5) is 21.9 Å². The molecule has 2 aromatic carbocycles. The molecule has 1 aliphatic rings. The van der Waals surface area contributed by atoms with Crippen LogP contribution >= 0.6 is 0 Å². The van der Waals surface area contributed by atoms with Gasteiger partial charge in [0.1, 0.15) is 0 Å². The largest absolute Gasteiger partial charge is 0.450 e. The molecular weight excluding hydrogens is 366 g/mol. The third-order valence-electron chi connectivity index (χ3n) is 4.88. The van der Waals surface area contributed by atoms with E-state index in [-0.39, 0.29) is 11.4 Å². The second kappa shape index (κ2) is 8.66. The van der Waals surface area contributed by atoms with E-state index in [2.05, 4.69) is 32.2 Å². The third kappa shape index (κ3) is 5.15. The minimum Gasteiger partial charge on any atom is -0.450 e. The normalized spacial score (nSPS) is 13.2. The summed E-state index contributed by atoms with van der Waals surface area (Å²) in [6, 6.07) is 13.7. The zero-order valence-corrected chi connectivity index (χ0v) is 17.6. The lowest BCUT2D eigenvalue weighted by Crippen LogP contribution is -2.96. The maximum absolute atomic E-state index is 13.3. The summed E-state index contributed by atoms with van der Waals surface area (Å²) in [6.45, 7) is 8.67. The Morgan fingerprint density at radius 2 is 1.76 bits per heavy atom. The molecule has 3 N–H and O–H groups in total. The standard InChI is InChI=1S/C23H29N3O3/c1-5-29-22(28)25-18-13-12-17-11-10-16-8-6-7-9-19(16)26(20(17)14-18)21(27)15-24-23(2,3)4/h6-9,12-14,24H,5,10-11,15H2,1-4H3,(H,25,28)/p+1. The number of para-hydroxylation sites is 1. The van der Waals surface area contributed by atoms with Crippen LogP contribution in [-0.4, -0.2) is 30.7 Å². The second-order valence-corrected chi connectivity index (χ2v) is 8.32. The summed E-state index contributed by atoms with van der Waals surface area (Å²) in [5, 5.41) is 4.79. The van der Waals surface area contributed by atoms with Gasteiger partial charge in [0.2, 0.25) is 0 Å². The number of quaternary nitrogens is 1. The molecular formula is C23H30N3O3+. The Labute approximate surface area is 172 Å². The van der Waals surface area contributed by atoms with E-state index in [0.29, 0.717) is 18.8 Å². The van der Waals surface area contributed by atoms with Gasteiger partial charge < -0.3 is 10.1 Å². The van der Waals surface area contributed by atoms with Crippen molar-refractivity contribution in [3.05, 3.63) is 53.6 Å². The van der Waals surface area contributed by atoms with Crippen molar-refractivity contribution < 1.29 is 19.6 Å². The molecule has 0 spiro atoms. The van der Waals surface area contributed by atoms with E-state index in [1.807, 2.05) is 41.7 Å². The molecule has 3 rings (SSSR count). The molecule has 0 aliphatic carbocycles. The van der Waals surface area contributed by atoms with Crippen LogP contribution in [0.15, 0.2) is 42.5 Å². The van der Waals surface area contributed by atoms with Crippen molar-refractivity contribution >= 4 is 29.1 Å². The lowest BCUT2D eigenvalue weighted by Gasteiger charge is -2.26. The van der Waals surface area contributed by atoms with Crippen LogP contribution in [0.5, 0.6) is 0 Å². The van der Waals surface area contributed by atoms with Crippen LogP contribution in [0.3, 0.4) is 0 Å². The van der Waals surface area contributed by atoms with Gasteiger partial charge in [-0.05, 0) is 69.9 Å². The molecule has 2 amide bonds. The van der Waals surface area contributed by atoms with Gasteiger partial charge >= 0.3 is 6.09 Å². The average molecular weight is 397 g/mol. The molecule has 0 saturated carbocycles. The quantitative estimate of drug-likeness (QED) is 0.832. The molecule has 0 bridgehead atoms. The molecule has 1 heterocycles. The van der Waals surface area contributed by atoms with E-state index in [1.54, 1.807) is 11.8 Å². The average Bonchev–Trinajstić information content (AvgIpc) is 2.82. The van der Waals surface area contributed by atoms with Gasteiger partial charge in [0.05, 0.1) is 23.5 Å². The molecule has 29 heavy (non-hydrogen) atoms. The van der Waals surface area contributed by atoms with E-state index in [1.165, 1.54) is 0 Å². The number of nitrogens with two attached hydrogens (primary N) is 1. The van der Waals surface area contributed by atoms with E-state index >= 15 is 0 Å². The van der Waals surface area contributed by atoms with Gasteiger partial charge in [0, 0.05) is 5.69 Å². The minimum atomic E-state index is -0.500. The summed E-state index contributed by atoms with van der Waals surface area (Å²) in [4.78, 5) is 27.0. The predicted molar refractivity (Wildman–Crippen MR) is 115 cm³/mol. The number of amides is 2. The summed E-state index contributed by atoms with van der Waals surface area (Å²) in [6.07, 6.45) is 1.19. The third-order valence-corrected chi connectivity index (χ3v) is 4.88. The highest BCUT2D eigenvalue weighted by atomic mass is 16.5. The van der Waals surface area contributed by atoms with E-state index < -0.39 is 6.09 Å². The maximum Gasteiger partial charge on any atom is 0.411 e. The molecule has 0 unspecified atom stereocenters. The first-order chi connectivity index (χ1) is 13.8. The number of anilines is 3. The zero-order valence-electron chi connectivity index (χ0n) is 17.6. The fraction of sp³-hybridized carbons (Fsp3) is 0.391. The van der Waals surface area contributed by atoms with Crippen LogP contribution in [-0.2, 0) is 22.4 Å². The van der Waals surface area contributed by atoms with Gasteiger partial charge in [0.15, 0.2) is 6.54 Å². The fourth-order valence-corrected chi connectivity index (χ4v) is 3.44. The van der Waals surface area contributed by atoms with Gasteiger partial charge in [-0.2, -0.15) is 0 Å². The molecule has 2 aromatic rings. The number of nitrogens with one attached hydrogen (secondary N) is 1. The summed E-state index contributed by atoms with van der Waals surface area (Å²) < 4.78 is 4.99. The summed E-state index contributed by atoms with van der Waals surface area (Å²) >= 11 is 0. The number of carbonyl (C=O) groups excluding carboxylic acids is 2. The number of hydrogen-bond acceptors (Lipinski definition) is 3. The number of carbonyl (C=O) groups is 2. The first kappa shape index (κ1) is 20.9. The van der Waals surface area contributed by atoms with E-state index in [9.17, 15) is 9.59 Å². The Bertz CT molecular complexity index is 902. The zero-order chi connectivity index (χ0) is 21.0. The van der Waals surface area contributed by atoms with Crippen LogP contribution in [0, 0.1) is 0 Å². The van der Waals surface area contributed by atoms with Gasteiger partial charge in [-0.25, -0.2) is 4.79 Å². The number of fused-ring (bicyclic) bond motifs is 2. The molecule has 6 heteroatoms. The van der Waals surface area contributed by atoms with Crippen molar-refractivity contribution in [3.63, 3.8) is 0 Å². The number of hydrogen-bond donors (Lipinski definition) is 2. The summed E-state index contributed by atoms with van der Waals surface area (Å²) in [5.41, 5.74) is 4.52. The predicted octanol–water partition coefficient (Wildman–Crippen LogP) is 3.38. The van der Waals surface area contributed by atoms with Gasteiger partial charge in [-0.1, -0.05) is 24.3 Å². The van der Waals surface area contributed by atoms with Gasteiger partial charge in [-0.3, -0.25) is 15.0 Å². The van der Waals surface area contributed by atoms with Crippen molar-refractivity contribution in [2.24, 2.45) is 0 Å². The molecule has 1 aliphatic heterocycles. The summed E-state index contributed by atoms with van der Waals surface area (Å²) in [7, 11) is 0. The number of aryl methyl sites for hydroxylation is 2. The molecule has 0 fully saturated rings. The Kier molecular flexibility index (Phi) is 6.23. The van der Waals surface area contributed by atoms with Gasteiger partial charge in [0.25, 0.3) is 5.91 Å². The maximum atomic E-state index is 13.3. The minimum absolute atomic E-state index is 0.0174. The smallest absolute Gasteiger partial charge is 0.411 e. The highest BCUT2D eigenvalue weighted by Crippen LogP contribution is 2.37. The van der Waals surface area contributed by atoms with E-state index in [0.717, 1.165) is 35.3 Å².